The van der Waals surface area contributed by atoms with Gasteiger partial charge in [-0.15, -0.1) is 0 Å². The zero-order valence-electron chi connectivity index (χ0n) is 11.2. The van der Waals surface area contributed by atoms with Crippen LogP contribution in [0, 0.1) is 0 Å². The van der Waals surface area contributed by atoms with Crippen molar-refractivity contribution in [3.8, 4) is 0 Å². The number of ether oxygens (including phenoxy) is 1. The monoisotopic (exact) mass is 270 g/mol. The van der Waals surface area contributed by atoms with E-state index < -0.39 is 5.60 Å². The molecule has 0 radical (unpaired) electrons. The number of hydrogen-bond acceptors (Lipinski definition) is 2. The molecule has 2 heterocycles. The third-order valence-corrected chi connectivity index (χ3v) is 3.38. The molecule has 0 spiro atoms. The molecule has 0 aliphatic carbocycles. The second-order valence-corrected chi connectivity index (χ2v) is 5.97. The molecule has 0 aromatic carbocycles. The van der Waals surface area contributed by atoms with Gasteiger partial charge in [-0.25, -0.2) is 4.79 Å². The summed E-state index contributed by atoms with van der Waals surface area (Å²) in [4.78, 5) is 13.8. The second-order valence-electron chi connectivity index (χ2n) is 5.58. The van der Waals surface area contributed by atoms with E-state index in [0.717, 1.165) is 10.8 Å². The molecule has 1 aromatic rings. The Bertz CT molecular complexity index is 462. The third-order valence-electron chi connectivity index (χ3n) is 3.05. The molecule has 0 saturated carbocycles. The van der Waals surface area contributed by atoms with Crippen LogP contribution < -0.4 is 0 Å². The van der Waals surface area contributed by atoms with Crippen molar-refractivity contribution in [3.63, 3.8) is 0 Å². The molecule has 2 rings (SSSR count). The Morgan fingerprint density at radius 3 is 2.67 bits per heavy atom. The standard InChI is InChI=1S/C13H19ClN2O2/c1-9-10-5-6-11(14)16(10)8-7-15(9)12(17)18-13(2,3)4/h5-6,9H,7-8H2,1-4H3/t9-/m0/s1. The molecule has 0 fully saturated rings. The second kappa shape index (κ2) is 4.50. The lowest BCUT2D eigenvalue weighted by Crippen LogP contribution is -2.43. The summed E-state index contributed by atoms with van der Waals surface area (Å²) in [6.07, 6.45) is -0.265. The highest BCUT2D eigenvalue weighted by atomic mass is 35.5. The molecule has 0 N–H and O–H groups in total. The third kappa shape index (κ3) is 2.48. The molecule has 1 aliphatic rings. The van der Waals surface area contributed by atoms with E-state index in [1.165, 1.54) is 0 Å². The van der Waals surface area contributed by atoms with Crippen LogP contribution in [0.4, 0.5) is 4.79 Å². The van der Waals surface area contributed by atoms with Gasteiger partial charge in [-0.1, -0.05) is 11.6 Å². The maximum Gasteiger partial charge on any atom is 0.410 e. The predicted octanol–water partition coefficient (Wildman–Crippen LogP) is 3.45. The minimum Gasteiger partial charge on any atom is -0.444 e. The highest BCUT2D eigenvalue weighted by molar-refractivity contribution is 6.29. The molecule has 1 amide bonds. The van der Waals surface area contributed by atoms with Gasteiger partial charge in [-0.2, -0.15) is 0 Å². The average Bonchev–Trinajstić information content (AvgIpc) is 2.59. The number of aromatic nitrogens is 1. The van der Waals surface area contributed by atoms with E-state index in [9.17, 15) is 4.79 Å². The Balaban J connectivity index is 2.17. The molecule has 18 heavy (non-hydrogen) atoms. The van der Waals surface area contributed by atoms with Crippen LogP contribution in [0.5, 0.6) is 0 Å². The molecule has 1 aromatic heterocycles. The lowest BCUT2D eigenvalue weighted by atomic mass is 10.1. The number of hydrogen-bond donors (Lipinski definition) is 0. The minimum atomic E-state index is -0.464. The van der Waals surface area contributed by atoms with Gasteiger partial charge in [0.15, 0.2) is 0 Å². The summed E-state index contributed by atoms with van der Waals surface area (Å²) in [7, 11) is 0. The first-order valence-electron chi connectivity index (χ1n) is 6.14. The summed E-state index contributed by atoms with van der Waals surface area (Å²) >= 11 is 6.09. The van der Waals surface area contributed by atoms with Gasteiger partial charge >= 0.3 is 6.09 Å². The molecule has 0 saturated heterocycles. The first kappa shape index (κ1) is 13.3. The van der Waals surface area contributed by atoms with Crippen molar-refractivity contribution in [2.45, 2.75) is 45.9 Å². The average molecular weight is 271 g/mol. The summed E-state index contributed by atoms with van der Waals surface area (Å²) in [5, 5.41) is 0.723. The predicted molar refractivity (Wildman–Crippen MR) is 70.8 cm³/mol. The maximum atomic E-state index is 12.1. The van der Waals surface area contributed by atoms with Crippen molar-refractivity contribution >= 4 is 17.7 Å². The SMILES string of the molecule is C[C@H]1c2ccc(Cl)n2CCN1C(=O)OC(C)(C)C. The summed E-state index contributed by atoms with van der Waals surface area (Å²) in [5.41, 5.74) is 0.588. The first-order valence-corrected chi connectivity index (χ1v) is 6.52. The quantitative estimate of drug-likeness (QED) is 0.724. The van der Waals surface area contributed by atoms with Crippen LogP contribution in [-0.2, 0) is 11.3 Å². The first-order chi connectivity index (χ1) is 8.29. The number of carbonyl (C=O) groups excluding carboxylic acids is 1. The normalized spacial score (nSPS) is 19.6. The molecule has 4 nitrogen and oxygen atoms in total. The lowest BCUT2D eigenvalue weighted by Gasteiger charge is -2.36. The molecule has 5 heteroatoms. The van der Waals surface area contributed by atoms with Crippen LogP contribution in [0.25, 0.3) is 0 Å². The topological polar surface area (TPSA) is 34.5 Å². The Morgan fingerprint density at radius 1 is 1.39 bits per heavy atom. The number of rotatable bonds is 0. The van der Waals surface area contributed by atoms with E-state index in [1.54, 1.807) is 4.90 Å². The fourth-order valence-corrected chi connectivity index (χ4v) is 2.43. The Hall–Kier alpha value is -1.16. The summed E-state index contributed by atoms with van der Waals surface area (Å²) in [5.74, 6) is 0. The lowest BCUT2D eigenvalue weighted by molar-refractivity contribution is 0.0127. The van der Waals surface area contributed by atoms with Crippen LogP contribution >= 0.6 is 11.6 Å². The molecule has 1 atom stereocenters. The van der Waals surface area contributed by atoms with E-state index in [2.05, 4.69) is 0 Å². The minimum absolute atomic E-state index is 0.0129. The van der Waals surface area contributed by atoms with Crippen molar-refractivity contribution < 1.29 is 9.53 Å². The van der Waals surface area contributed by atoms with Crippen molar-refractivity contribution in [2.75, 3.05) is 6.54 Å². The number of carbonyl (C=O) groups is 1. The zero-order valence-corrected chi connectivity index (χ0v) is 12.0. The number of halogens is 1. The van der Waals surface area contributed by atoms with Gasteiger partial charge in [0.2, 0.25) is 0 Å². The largest absolute Gasteiger partial charge is 0.444 e. The van der Waals surface area contributed by atoms with Gasteiger partial charge in [-0.3, -0.25) is 4.90 Å². The molecule has 0 bridgehead atoms. The fourth-order valence-electron chi connectivity index (χ4n) is 2.19. The summed E-state index contributed by atoms with van der Waals surface area (Å²) in [6.45, 7) is 8.95. The van der Waals surface area contributed by atoms with E-state index in [-0.39, 0.29) is 12.1 Å². The van der Waals surface area contributed by atoms with Crippen LogP contribution in [0.3, 0.4) is 0 Å². The van der Waals surface area contributed by atoms with E-state index in [0.29, 0.717) is 13.1 Å². The Labute approximate surface area is 112 Å². The van der Waals surface area contributed by atoms with Gasteiger partial charge in [0.05, 0.1) is 6.04 Å². The molecule has 1 aliphatic heterocycles. The highest BCUT2D eigenvalue weighted by Crippen LogP contribution is 2.30. The van der Waals surface area contributed by atoms with E-state index in [4.69, 9.17) is 16.3 Å². The van der Waals surface area contributed by atoms with Crippen molar-refractivity contribution in [2.24, 2.45) is 0 Å². The molecular weight excluding hydrogens is 252 g/mol. The molecular formula is C13H19ClN2O2. The van der Waals surface area contributed by atoms with Gasteiger partial charge in [0, 0.05) is 18.8 Å². The van der Waals surface area contributed by atoms with Gasteiger partial charge < -0.3 is 9.30 Å². The van der Waals surface area contributed by atoms with Gasteiger partial charge in [0.1, 0.15) is 10.8 Å². The maximum absolute atomic E-state index is 12.1. The van der Waals surface area contributed by atoms with Crippen molar-refractivity contribution in [3.05, 3.63) is 23.0 Å². The smallest absolute Gasteiger partial charge is 0.410 e. The van der Waals surface area contributed by atoms with Crippen LogP contribution in [0.15, 0.2) is 12.1 Å². The van der Waals surface area contributed by atoms with E-state index >= 15 is 0 Å². The van der Waals surface area contributed by atoms with Crippen LogP contribution in [0.1, 0.15) is 39.4 Å². The van der Waals surface area contributed by atoms with Crippen molar-refractivity contribution in [1.82, 2.24) is 9.47 Å². The van der Waals surface area contributed by atoms with Crippen LogP contribution in [-0.4, -0.2) is 27.7 Å². The zero-order chi connectivity index (χ0) is 13.5. The fraction of sp³-hybridized carbons (Fsp3) is 0.615. The summed E-state index contributed by atoms with van der Waals surface area (Å²) in [6, 6.07) is 3.82. The highest BCUT2D eigenvalue weighted by Gasteiger charge is 2.31. The summed E-state index contributed by atoms with van der Waals surface area (Å²) < 4.78 is 7.45. The van der Waals surface area contributed by atoms with Gasteiger partial charge in [-0.05, 0) is 39.8 Å². The Kier molecular flexibility index (Phi) is 3.32. The number of nitrogens with zero attached hydrogens (tertiary/aromatic N) is 2. The molecule has 0 unspecified atom stereocenters. The van der Waals surface area contributed by atoms with Crippen molar-refractivity contribution in [1.29, 1.82) is 0 Å². The van der Waals surface area contributed by atoms with Gasteiger partial charge in [0.25, 0.3) is 0 Å². The van der Waals surface area contributed by atoms with E-state index in [1.807, 2.05) is 44.4 Å². The Morgan fingerprint density at radius 2 is 2.06 bits per heavy atom. The number of fused-ring (bicyclic) bond motifs is 1. The number of amides is 1. The molecule has 100 valence electrons. The van der Waals surface area contributed by atoms with Crippen LogP contribution in [0.2, 0.25) is 5.15 Å².